The van der Waals surface area contributed by atoms with Crippen molar-refractivity contribution in [2.45, 2.75) is 38.1 Å². The van der Waals surface area contributed by atoms with Gasteiger partial charge in [0.15, 0.2) is 0 Å². The zero-order valence-electron chi connectivity index (χ0n) is 9.45. The molecule has 4 nitrogen and oxygen atoms in total. The number of hydrogen-bond donors (Lipinski definition) is 1. The Hall–Kier alpha value is -0.610. The highest BCUT2D eigenvalue weighted by atomic mass is 16.5. The Morgan fingerprint density at radius 1 is 1.47 bits per heavy atom. The third-order valence-corrected chi connectivity index (χ3v) is 2.94. The molecule has 0 saturated carbocycles. The molecule has 0 spiro atoms. The summed E-state index contributed by atoms with van der Waals surface area (Å²) in [7, 11) is 1.71. The van der Waals surface area contributed by atoms with Crippen LogP contribution in [0.4, 0.5) is 0 Å². The Labute approximate surface area is 91.2 Å². The molecule has 0 aromatic carbocycles. The van der Waals surface area contributed by atoms with Crippen LogP contribution in [0, 0.1) is 0 Å². The van der Waals surface area contributed by atoms with E-state index in [0.29, 0.717) is 0 Å². The number of hydrogen-bond acceptors (Lipinski definition) is 3. The van der Waals surface area contributed by atoms with Gasteiger partial charge in [0.25, 0.3) is 0 Å². The molecule has 0 radical (unpaired) electrons. The standard InChI is InChI=1S/C11H21NO3/c1-15-9-4-2-3-7-12-8-5-6-10(12)11(13)14/h10H,2-9H2,1H3,(H,13,14). The van der Waals surface area contributed by atoms with Crippen LogP contribution in [-0.4, -0.2) is 48.8 Å². The van der Waals surface area contributed by atoms with Crippen molar-refractivity contribution in [1.29, 1.82) is 0 Å². The fourth-order valence-corrected chi connectivity index (χ4v) is 2.11. The first kappa shape index (κ1) is 12.5. The Kier molecular flexibility index (Phi) is 5.65. The van der Waals surface area contributed by atoms with E-state index >= 15 is 0 Å². The number of rotatable bonds is 7. The van der Waals surface area contributed by atoms with Gasteiger partial charge in [-0.15, -0.1) is 0 Å². The maximum atomic E-state index is 10.9. The maximum Gasteiger partial charge on any atom is 0.320 e. The van der Waals surface area contributed by atoms with Crippen LogP contribution < -0.4 is 0 Å². The van der Waals surface area contributed by atoms with Gasteiger partial charge in [-0.05, 0) is 45.2 Å². The molecule has 1 unspecified atom stereocenters. The fourth-order valence-electron chi connectivity index (χ4n) is 2.11. The van der Waals surface area contributed by atoms with Gasteiger partial charge >= 0.3 is 5.97 Å². The first-order chi connectivity index (χ1) is 7.25. The number of carbonyl (C=O) groups is 1. The Morgan fingerprint density at radius 3 is 2.93 bits per heavy atom. The minimum absolute atomic E-state index is 0.229. The van der Waals surface area contributed by atoms with Crippen molar-refractivity contribution in [3.63, 3.8) is 0 Å². The van der Waals surface area contributed by atoms with Gasteiger partial charge in [0, 0.05) is 13.7 Å². The molecule has 1 N–H and O–H groups in total. The average molecular weight is 215 g/mol. The molecule has 88 valence electrons. The minimum Gasteiger partial charge on any atom is -0.480 e. The molecule has 15 heavy (non-hydrogen) atoms. The van der Waals surface area contributed by atoms with Crippen molar-refractivity contribution in [3.05, 3.63) is 0 Å². The summed E-state index contributed by atoms with van der Waals surface area (Å²) in [4.78, 5) is 13.0. The van der Waals surface area contributed by atoms with Crippen LogP contribution in [0.1, 0.15) is 32.1 Å². The second-order valence-electron chi connectivity index (χ2n) is 4.09. The predicted molar refractivity (Wildman–Crippen MR) is 58.0 cm³/mol. The van der Waals surface area contributed by atoms with E-state index in [0.717, 1.165) is 51.8 Å². The summed E-state index contributed by atoms with van der Waals surface area (Å²) in [5, 5.41) is 8.96. The number of carboxylic acids is 1. The molecule has 1 heterocycles. The number of nitrogens with zero attached hydrogens (tertiary/aromatic N) is 1. The molecule has 0 bridgehead atoms. The topological polar surface area (TPSA) is 49.8 Å². The van der Waals surface area contributed by atoms with E-state index in [-0.39, 0.29) is 6.04 Å². The van der Waals surface area contributed by atoms with Crippen molar-refractivity contribution in [1.82, 2.24) is 4.90 Å². The summed E-state index contributed by atoms with van der Waals surface area (Å²) in [5.74, 6) is -0.663. The van der Waals surface area contributed by atoms with E-state index in [1.54, 1.807) is 7.11 Å². The third kappa shape index (κ3) is 4.18. The third-order valence-electron chi connectivity index (χ3n) is 2.94. The van der Waals surface area contributed by atoms with Crippen LogP contribution >= 0.6 is 0 Å². The number of unbranched alkanes of at least 4 members (excludes halogenated alkanes) is 2. The molecule has 0 aromatic rings. The van der Waals surface area contributed by atoms with Crippen LogP contribution in [-0.2, 0) is 9.53 Å². The van der Waals surface area contributed by atoms with Crippen molar-refractivity contribution in [2.24, 2.45) is 0 Å². The second-order valence-corrected chi connectivity index (χ2v) is 4.09. The molecular formula is C11H21NO3. The highest BCUT2D eigenvalue weighted by Crippen LogP contribution is 2.17. The normalized spacial score (nSPS) is 22.1. The summed E-state index contributed by atoms with van der Waals surface area (Å²) in [5.41, 5.74) is 0. The minimum atomic E-state index is -0.663. The zero-order chi connectivity index (χ0) is 11.1. The lowest BCUT2D eigenvalue weighted by atomic mass is 10.2. The molecule has 1 atom stereocenters. The van der Waals surface area contributed by atoms with Crippen LogP contribution in [0.15, 0.2) is 0 Å². The molecule has 1 aliphatic heterocycles. The molecule has 1 rings (SSSR count). The largest absolute Gasteiger partial charge is 0.480 e. The Balaban J connectivity index is 2.12. The smallest absolute Gasteiger partial charge is 0.320 e. The highest BCUT2D eigenvalue weighted by Gasteiger charge is 2.29. The molecule has 1 fully saturated rings. The fraction of sp³-hybridized carbons (Fsp3) is 0.909. The van der Waals surface area contributed by atoms with Crippen LogP contribution in [0.3, 0.4) is 0 Å². The zero-order valence-corrected chi connectivity index (χ0v) is 9.45. The summed E-state index contributed by atoms with van der Waals surface area (Å²) in [6.07, 6.45) is 5.11. The van der Waals surface area contributed by atoms with Crippen molar-refractivity contribution in [2.75, 3.05) is 26.8 Å². The summed E-state index contributed by atoms with van der Waals surface area (Å²) >= 11 is 0. The monoisotopic (exact) mass is 215 g/mol. The summed E-state index contributed by atoms with van der Waals surface area (Å²) in [6.45, 7) is 2.67. The molecular weight excluding hydrogens is 194 g/mol. The van der Waals surface area contributed by atoms with Gasteiger partial charge in [-0.2, -0.15) is 0 Å². The number of aliphatic carboxylic acids is 1. The van der Waals surface area contributed by atoms with Crippen LogP contribution in [0.25, 0.3) is 0 Å². The van der Waals surface area contributed by atoms with Gasteiger partial charge in [0.1, 0.15) is 6.04 Å². The van der Waals surface area contributed by atoms with Gasteiger partial charge in [-0.1, -0.05) is 0 Å². The molecule has 1 aliphatic rings. The van der Waals surface area contributed by atoms with Crippen molar-refractivity contribution < 1.29 is 14.6 Å². The summed E-state index contributed by atoms with van der Waals surface area (Å²) < 4.78 is 4.97. The number of likely N-dealkylation sites (tertiary alicyclic amines) is 1. The second kappa shape index (κ2) is 6.80. The lowest BCUT2D eigenvalue weighted by molar-refractivity contribution is -0.142. The maximum absolute atomic E-state index is 10.9. The molecule has 4 heteroatoms. The highest BCUT2D eigenvalue weighted by molar-refractivity contribution is 5.73. The van der Waals surface area contributed by atoms with Crippen LogP contribution in [0.2, 0.25) is 0 Å². The number of carboxylic acid groups (broad SMARTS) is 1. The quantitative estimate of drug-likeness (QED) is 0.651. The molecule has 0 amide bonds. The molecule has 0 aliphatic carbocycles. The van der Waals surface area contributed by atoms with E-state index in [2.05, 4.69) is 4.90 Å². The molecule has 1 saturated heterocycles. The first-order valence-electron chi connectivity index (χ1n) is 5.71. The molecule has 0 aromatic heterocycles. The average Bonchev–Trinajstić information content (AvgIpc) is 2.66. The van der Waals surface area contributed by atoms with Gasteiger partial charge < -0.3 is 9.84 Å². The number of ether oxygens (including phenoxy) is 1. The Morgan fingerprint density at radius 2 is 2.27 bits per heavy atom. The van der Waals surface area contributed by atoms with E-state index in [4.69, 9.17) is 9.84 Å². The lowest BCUT2D eigenvalue weighted by Crippen LogP contribution is -2.36. The SMILES string of the molecule is COCCCCCN1CCCC1C(=O)O. The lowest BCUT2D eigenvalue weighted by Gasteiger charge is -2.20. The summed E-state index contributed by atoms with van der Waals surface area (Å²) in [6, 6.07) is -0.229. The van der Waals surface area contributed by atoms with Gasteiger partial charge in [0.05, 0.1) is 0 Å². The van der Waals surface area contributed by atoms with Crippen molar-refractivity contribution in [3.8, 4) is 0 Å². The first-order valence-corrected chi connectivity index (χ1v) is 5.71. The van der Waals surface area contributed by atoms with E-state index < -0.39 is 5.97 Å². The van der Waals surface area contributed by atoms with Gasteiger partial charge in [-0.3, -0.25) is 9.69 Å². The van der Waals surface area contributed by atoms with Crippen LogP contribution in [0.5, 0.6) is 0 Å². The van der Waals surface area contributed by atoms with Crippen molar-refractivity contribution >= 4 is 5.97 Å². The van der Waals surface area contributed by atoms with E-state index in [9.17, 15) is 4.79 Å². The van der Waals surface area contributed by atoms with E-state index in [1.165, 1.54) is 0 Å². The number of methoxy groups -OCH3 is 1. The Bertz CT molecular complexity index is 196. The van der Waals surface area contributed by atoms with E-state index in [1.807, 2.05) is 0 Å². The van der Waals surface area contributed by atoms with Gasteiger partial charge in [-0.25, -0.2) is 0 Å². The van der Waals surface area contributed by atoms with Gasteiger partial charge in [0.2, 0.25) is 0 Å². The predicted octanol–water partition coefficient (Wildman–Crippen LogP) is 1.35.